The van der Waals surface area contributed by atoms with E-state index in [1.54, 1.807) is 30.3 Å². The first-order chi connectivity index (χ1) is 14.1. The zero-order valence-electron chi connectivity index (χ0n) is 16.6. The van der Waals surface area contributed by atoms with E-state index < -0.39 is 5.82 Å². The van der Waals surface area contributed by atoms with Gasteiger partial charge in [0.25, 0.3) is 5.91 Å². The number of ether oxygens (including phenoxy) is 1. The lowest BCUT2D eigenvalue weighted by atomic mass is 10.1. The number of benzene rings is 2. The summed E-state index contributed by atoms with van der Waals surface area (Å²) in [4.78, 5) is 17.0. The van der Waals surface area contributed by atoms with Gasteiger partial charge in [0.1, 0.15) is 0 Å². The normalized spacial score (nSPS) is 10.7. The molecule has 0 aliphatic rings. The van der Waals surface area contributed by atoms with Crippen LogP contribution >= 0.6 is 0 Å². The maximum atomic E-state index is 14.7. The predicted molar refractivity (Wildman–Crippen MR) is 115 cm³/mol. The van der Waals surface area contributed by atoms with Crippen molar-refractivity contribution in [3.05, 3.63) is 78.3 Å². The van der Waals surface area contributed by atoms with Gasteiger partial charge in [0, 0.05) is 16.6 Å². The summed E-state index contributed by atoms with van der Waals surface area (Å²) in [7, 11) is 0. The number of amides is 1. The molecule has 29 heavy (non-hydrogen) atoms. The zero-order valence-corrected chi connectivity index (χ0v) is 16.6. The van der Waals surface area contributed by atoms with Gasteiger partial charge in [0.05, 0.1) is 17.8 Å². The summed E-state index contributed by atoms with van der Waals surface area (Å²) in [6, 6.07) is 13.8. The fraction of sp³-hybridized carbons (Fsp3) is 0.250. The smallest absolute Gasteiger partial charge is 0.255 e. The summed E-state index contributed by atoms with van der Waals surface area (Å²) in [6.45, 7) is 6.04. The highest BCUT2D eigenvalue weighted by Crippen LogP contribution is 2.25. The third kappa shape index (κ3) is 5.41. The van der Waals surface area contributed by atoms with Crippen LogP contribution in [0.5, 0.6) is 5.75 Å². The van der Waals surface area contributed by atoms with E-state index in [9.17, 15) is 9.18 Å². The summed E-state index contributed by atoms with van der Waals surface area (Å²) >= 11 is 0. The van der Waals surface area contributed by atoms with Crippen molar-refractivity contribution >= 4 is 22.5 Å². The van der Waals surface area contributed by atoms with Gasteiger partial charge in [-0.2, -0.15) is 0 Å². The molecule has 1 heterocycles. The van der Waals surface area contributed by atoms with Gasteiger partial charge in [0.2, 0.25) is 0 Å². The van der Waals surface area contributed by atoms with E-state index in [0.29, 0.717) is 12.2 Å². The first kappa shape index (κ1) is 20.5. The highest BCUT2D eigenvalue weighted by Gasteiger charge is 2.14. The second-order valence-electron chi connectivity index (χ2n) is 6.92. The predicted octanol–water partition coefficient (Wildman–Crippen LogP) is 6.06. The minimum Gasteiger partial charge on any atom is -0.490 e. The molecule has 1 amide bonds. The third-order valence-corrected chi connectivity index (χ3v) is 4.61. The number of pyridine rings is 1. The van der Waals surface area contributed by atoms with E-state index >= 15 is 0 Å². The minimum atomic E-state index is -0.565. The van der Waals surface area contributed by atoms with Crippen LogP contribution in [0, 0.1) is 12.7 Å². The van der Waals surface area contributed by atoms with Crippen molar-refractivity contribution in [1.29, 1.82) is 0 Å². The highest BCUT2D eigenvalue weighted by molar-refractivity contribution is 6.06. The molecule has 0 atom stereocenters. The minimum absolute atomic E-state index is 0.0984. The number of nitrogens with zero attached hydrogens (tertiary/aromatic N) is 1. The van der Waals surface area contributed by atoms with E-state index in [4.69, 9.17) is 4.74 Å². The van der Waals surface area contributed by atoms with Crippen molar-refractivity contribution in [2.45, 2.75) is 32.6 Å². The van der Waals surface area contributed by atoms with Crippen LogP contribution in [0.4, 0.5) is 10.1 Å². The maximum absolute atomic E-state index is 14.7. The number of hydrogen-bond acceptors (Lipinski definition) is 3. The number of hydrogen-bond donors (Lipinski definition) is 1. The van der Waals surface area contributed by atoms with Crippen molar-refractivity contribution in [2.24, 2.45) is 0 Å². The van der Waals surface area contributed by atoms with Gasteiger partial charge >= 0.3 is 0 Å². The molecule has 0 unspecified atom stereocenters. The number of allylic oxidation sites excluding steroid dienone is 1. The molecular formula is C24H25FN2O2. The van der Waals surface area contributed by atoms with E-state index in [1.165, 1.54) is 6.07 Å². The second kappa shape index (κ2) is 9.82. The molecule has 0 saturated carbocycles. The quantitative estimate of drug-likeness (QED) is 0.356. The number of halogens is 1. The van der Waals surface area contributed by atoms with E-state index in [-0.39, 0.29) is 17.3 Å². The summed E-state index contributed by atoms with van der Waals surface area (Å²) in [6.07, 6.45) is 5.75. The summed E-state index contributed by atoms with van der Waals surface area (Å²) < 4.78 is 20.3. The number of nitrogens with one attached hydrogen (secondary N) is 1. The Labute approximate surface area is 170 Å². The molecule has 5 heteroatoms. The standard InChI is InChI=1S/C24H25FN2O2/c1-3-4-5-6-7-15-29-22-10-8-9-21(23(22)25)27-24(28)19-13-14-20-18(16-19)12-11-17(2)26-20/h3,8-14,16H,1,4-7,15H2,2H3,(H,27,28). The average Bonchev–Trinajstić information content (AvgIpc) is 2.72. The van der Waals surface area contributed by atoms with Crippen molar-refractivity contribution in [3.8, 4) is 5.75 Å². The molecule has 3 rings (SSSR count). The van der Waals surface area contributed by atoms with Crippen LogP contribution in [-0.2, 0) is 0 Å². The van der Waals surface area contributed by atoms with Crippen LogP contribution in [0.15, 0.2) is 61.2 Å². The van der Waals surface area contributed by atoms with E-state index in [2.05, 4.69) is 16.9 Å². The van der Waals surface area contributed by atoms with E-state index in [1.807, 2.05) is 25.1 Å². The Bertz CT molecular complexity index is 1020. The Morgan fingerprint density at radius 1 is 1.17 bits per heavy atom. The monoisotopic (exact) mass is 392 g/mol. The van der Waals surface area contributed by atoms with Crippen molar-refractivity contribution < 1.29 is 13.9 Å². The van der Waals surface area contributed by atoms with E-state index in [0.717, 1.165) is 42.3 Å². The highest BCUT2D eigenvalue weighted by atomic mass is 19.1. The number of carbonyl (C=O) groups is 1. The first-order valence-corrected chi connectivity index (χ1v) is 9.79. The van der Waals surface area contributed by atoms with Crippen LogP contribution < -0.4 is 10.1 Å². The summed E-state index contributed by atoms with van der Waals surface area (Å²) in [5.41, 5.74) is 2.27. The van der Waals surface area contributed by atoms with Gasteiger partial charge in [0.15, 0.2) is 11.6 Å². The molecule has 0 aliphatic heterocycles. The Balaban J connectivity index is 1.65. The Hall–Kier alpha value is -3.21. The molecule has 2 aromatic carbocycles. The number of unbranched alkanes of at least 4 members (excludes halogenated alkanes) is 3. The zero-order chi connectivity index (χ0) is 20.6. The number of anilines is 1. The lowest BCUT2D eigenvalue weighted by Gasteiger charge is -2.11. The fourth-order valence-corrected chi connectivity index (χ4v) is 3.03. The van der Waals surface area contributed by atoms with Gasteiger partial charge < -0.3 is 10.1 Å². The lowest BCUT2D eigenvalue weighted by Crippen LogP contribution is -2.13. The Kier molecular flexibility index (Phi) is 6.95. The van der Waals surface area contributed by atoms with Gasteiger partial charge in [-0.1, -0.05) is 18.2 Å². The molecule has 1 aromatic heterocycles. The molecule has 0 radical (unpaired) electrons. The van der Waals surface area contributed by atoms with Crippen LogP contribution in [0.25, 0.3) is 10.9 Å². The molecule has 3 aromatic rings. The van der Waals surface area contributed by atoms with Crippen LogP contribution in [0.1, 0.15) is 41.7 Å². The third-order valence-electron chi connectivity index (χ3n) is 4.61. The number of aromatic nitrogens is 1. The molecule has 0 saturated heterocycles. The molecule has 1 N–H and O–H groups in total. The van der Waals surface area contributed by atoms with Crippen LogP contribution in [0.2, 0.25) is 0 Å². The molecule has 0 fully saturated rings. The topological polar surface area (TPSA) is 51.2 Å². The van der Waals surface area contributed by atoms with Crippen molar-refractivity contribution in [1.82, 2.24) is 4.98 Å². The molecule has 0 bridgehead atoms. The van der Waals surface area contributed by atoms with Crippen LogP contribution in [0.3, 0.4) is 0 Å². The number of carbonyl (C=O) groups excluding carboxylic acids is 1. The molecule has 4 nitrogen and oxygen atoms in total. The Morgan fingerprint density at radius 3 is 2.86 bits per heavy atom. The fourth-order valence-electron chi connectivity index (χ4n) is 3.03. The van der Waals surface area contributed by atoms with Gasteiger partial charge in [-0.05, 0) is 69.0 Å². The summed E-state index contributed by atoms with van der Waals surface area (Å²) in [5, 5.41) is 3.49. The van der Waals surface area contributed by atoms with Crippen LogP contribution in [-0.4, -0.2) is 17.5 Å². The van der Waals surface area contributed by atoms with Gasteiger partial charge in [-0.25, -0.2) is 4.39 Å². The average molecular weight is 392 g/mol. The lowest BCUT2D eigenvalue weighted by molar-refractivity contribution is 0.102. The second-order valence-corrected chi connectivity index (χ2v) is 6.92. The van der Waals surface area contributed by atoms with Crippen molar-refractivity contribution in [3.63, 3.8) is 0 Å². The molecule has 150 valence electrons. The van der Waals surface area contributed by atoms with Crippen molar-refractivity contribution in [2.75, 3.05) is 11.9 Å². The number of rotatable bonds is 9. The number of fused-ring (bicyclic) bond motifs is 1. The largest absolute Gasteiger partial charge is 0.490 e. The van der Waals surface area contributed by atoms with Gasteiger partial charge in [-0.15, -0.1) is 6.58 Å². The van der Waals surface area contributed by atoms with Gasteiger partial charge in [-0.3, -0.25) is 9.78 Å². The maximum Gasteiger partial charge on any atom is 0.255 e. The Morgan fingerprint density at radius 2 is 2.03 bits per heavy atom. The molecule has 0 aliphatic carbocycles. The number of aryl methyl sites for hydroxylation is 1. The molecule has 0 spiro atoms. The summed E-state index contributed by atoms with van der Waals surface area (Å²) in [5.74, 6) is -0.803. The SMILES string of the molecule is C=CCCCCCOc1cccc(NC(=O)c2ccc3nc(C)ccc3c2)c1F. The first-order valence-electron chi connectivity index (χ1n) is 9.79. The molecular weight excluding hydrogens is 367 g/mol.